The van der Waals surface area contributed by atoms with Crippen LogP contribution >= 0.6 is 0 Å². The van der Waals surface area contributed by atoms with Crippen molar-refractivity contribution in [3.05, 3.63) is 12.4 Å². The van der Waals surface area contributed by atoms with Crippen molar-refractivity contribution in [2.75, 3.05) is 30.8 Å². The minimum absolute atomic E-state index is 0.243. The van der Waals surface area contributed by atoms with Crippen molar-refractivity contribution in [2.24, 2.45) is 0 Å². The van der Waals surface area contributed by atoms with Gasteiger partial charge in [-0.2, -0.15) is 0 Å². The third-order valence-electron chi connectivity index (χ3n) is 1.81. The molecule has 0 amide bonds. The van der Waals surface area contributed by atoms with E-state index in [9.17, 15) is 0 Å². The van der Waals surface area contributed by atoms with Crippen LogP contribution in [0.25, 0.3) is 0 Å². The van der Waals surface area contributed by atoms with Gasteiger partial charge in [0, 0.05) is 26.3 Å². The number of aliphatic hydroxyl groups excluding tert-OH is 1. The molecule has 78 valence electrons. The predicted octanol–water partition coefficient (Wildman–Crippen LogP) is 0.703. The number of rotatable bonds is 6. The molecule has 14 heavy (non-hydrogen) atoms. The van der Waals surface area contributed by atoms with Gasteiger partial charge in [0.05, 0.1) is 0 Å². The van der Waals surface area contributed by atoms with E-state index < -0.39 is 0 Å². The predicted molar refractivity (Wildman–Crippen MR) is 56.4 cm³/mol. The molecule has 1 aromatic heterocycles. The van der Waals surface area contributed by atoms with Crippen LogP contribution in [0.2, 0.25) is 0 Å². The van der Waals surface area contributed by atoms with E-state index in [1.165, 1.54) is 6.33 Å². The van der Waals surface area contributed by atoms with Crippen LogP contribution in [-0.2, 0) is 0 Å². The number of hydrogen-bond donors (Lipinski definition) is 3. The standard InChI is InChI=1S/C9H16N4O/c1-10-8-6-9(13-7-12-8)11-4-2-3-5-14/h6-7,14H,2-5H2,1H3,(H2,10,11,12,13). The van der Waals surface area contributed by atoms with Gasteiger partial charge in [-0.25, -0.2) is 9.97 Å². The Kier molecular flexibility index (Phi) is 4.71. The van der Waals surface area contributed by atoms with Crippen LogP contribution in [0.3, 0.4) is 0 Å². The molecule has 1 heterocycles. The third-order valence-corrected chi connectivity index (χ3v) is 1.81. The van der Waals surface area contributed by atoms with Gasteiger partial charge >= 0.3 is 0 Å². The van der Waals surface area contributed by atoms with E-state index in [1.807, 2.05) is 13.1 Å². The van der Waals surface area contributed by atoms with Crippen LogP contribution in [0, 0.1) is 0 Å². The van der Waals surface area contributed by atoms with Crippen molar-refractivity contribution in [1.82, 2.24) is 9.97 Å². The summed E-state index contributed by atoms with van der Waals surface area (Å²) in [6.45, 7) is 1.06. The molecular formula is C9H16N4O. The maximum absolute atomic E-state index is 8.58. The molecule has 0 radical (unpaired) electrons. The van der Waals surface area contributed by atoms with Gasteiger partial charge in [-0.05, 0) is 12.8 Å². The Balaban J connectivity index is 2.34. The van der Waals surface area contributed by atoms with Crippen LogP contribution in [0.5, 0.6) is 0 Å². The van der Waals surface area contributed by atoms with Gasteiger partial charge in [0.2, 0.25) is 0 Å². The van der Waals surface area contributed by atoms with Crippen LogP contribution in [0.15, 0.2) is 12.4 Å². The molecule has 0 saturated heterocycles. The lowest BCUT2D eigenvalue weighted by atomic mass is 10.3. The van der Waals surface area contributed by atoms with Crippen molar-refractivity contribution in [3.63, 3.8) is 0 Å². The maximum Gasteiger partial charge on any atom is 0.131 e. The average Bonchev–Trinajstić information content (AvgIpc) is 2.25. The first-order valence-corrected chi connectivity index (χ1v) is 4.71. The SMILES string of the molecule is CNc1cc(NCCCCO)ncn1. The summed E-state index contributed by atoms with van der Waals surface area (Å²) >= 11 is 0. The fraction of sp³-hybridized carbons (Fsp3) is 0.556. The van der Waals surface area contributed by atoms with Gasteiger partial charge in [0.15, 0.2) is 0 Å². The molecular weight excluding hydrogens is 180 g/mol. The van der Waals surface area contributed by atoms with Gasteiger partial charge in [0.25, 0.3) is 0 Å². The van der Waals surface area contributed by atoms with Crippen molar-refractivity contribution >= 4 is 11.6 Å². The van der Waals surface area contributed by atoms with Crippen LogP contribution in [0.4, 0.5) is 11.6 Å². The summed E-state index contributed by atoms with van der Waals surface area (Å²) in [5.74, 6) is 1.60. The number of unbranched alkanes of at least 4 members (excludes halogenated alkanes) is 1. The topological polar surface area (TPSA) is 70.1 Å². The summed E-state index contributed by atoms with van der Waals surface area (Å²) in [6.07, 6.45) is 3.27. The van der Waals surface area contributed by atoms with Gasteiger partial charge in [-0.15, -0.1) is 0 Å². The van der Waals surface area contributed by atoms with Gasteiger partial charge in [-0.3, -0.25) is 0 Å². The maximum atomic E-state index is 8.58. The molecule has 0 spiro atoms. The minimum atomic E-state index is 0.243. The molecule has 3 N–H and O–H groups in total. The summed E-state index contributed by atoms with van der Waals surface area (Å²) in [7, 11) is 1.82. The molecule has 1 rings (SSSR count). The summed E-state index contributed by atoms with van der Waals surface area (Å²) in [6, 6.07) is 1.85. The second-order valence-electron chi connectivity index (χ2n) is 2.90. The zero-order chi connectivity index (χ0) is 10.2. The lowest BCUT2D eigenvalue weighted by molar-refractivity contribution is 0.286. The van der Waals surface area contributed by atoms with Crippen LogP contribution in [0.1, 0.15) is 12.8 Å². The largest absolute Gasteiger partial charge is 0.396 e. The molecule has 0 fully saturated rings. The summed E-state index contributed by atoms with van der Waals surface area (Å²) < 4.78 is 0. The van der Waals surface area contributed by atoms with Crippen molar-refractivity contribution in [1.29, 1.82) is 0 Å². The number of nitrogens with zero attached hydrogens (tertiary/aromatic N) is 2. The van der Waals surface area contributed by atoms with Crippen LogP contribution in [-0.4, -0.2) is 35.3 Å². The second-order valence-corrected chi connectivity index (χ2v) is 2.90. The first-order chi connectivity index (χ1) is 6.86. The monoisotopic (exact) mass is 196 g/mol. The van der Waals surface area contributed by atoms with Crippen molar-refractivity contribution in [3.8, 4) is 0 Å². The zero-order valence-electron chi connectivity index (χ0n) is 8.32. The Morgan fingerprint density at radius 3 is 2.79 bits per heavy atom. The highest BCUT2D eigenvalue weighted by Crippen LogP contribution is 2.07. The summed E-state index contributed by atoms with van der Waals surface area (Å²) in [4.78, 5) is 8.06. The van der Waals surface area contributed by atoms with Crippen LogP contribution < -0.4 is 10.6 Å². The van der Waals surface area contributed by atoms with Gasteiger partial charge in [-0.1, -0.05) is 0 Å². The molecule has 0 unspecified atom stereocenters. The highest BCUT2D eigenvalue weighted by Gasteiger charge is 1.95. The van der Waals surface area contributed by atoms with E-state index in [4.69, 9.17) is 5.11 Å². The Bertz CT molecular complexity index is 267. The van der Waals surface area contributed by atoms with Gasteiger partial charge in [0.1, 0.15) is 18.0 Å². The van der Waals surface area contributed by atoms with E-state index >= 15 is 0 Å². The second kappa shape index (κ2) is 6.15. The molecule has 0 bridgehead atoms. The molecule has 1 aromatic rings. The fourth-order valence-corrected chi connectivity index (χ4v) is 1.04. The fourth-order valence-electron chi connectivity index (χ4n) is 1.04. The van der Waals surface area contributed by atoms with Crippen molar-refractivity contribution in [2.45, 2.75) is 12.8 Å². The Morgan fingerprint density at radius 2 is 2.07 bits per heavy atom. The third kappa shape index (κ3) is 3.57. The van der Waals surface area contributed by atoms with E-state index in [0.29, 0.717) is 0 Å². The molecule has 0 aromatic carbocycles. The normalized spacial score (nSPS) is 9.86. The van der Waals surface area contributed by atoms with E-state index in [1.54, 1.807) is 0 Å². The van der Waals surface area contributed by atoms with Crippen molar-refractivity contribution < 1.29 is 5.11 Å². The number of aromatic nitrogens is 2. The smallest absolute Gasteiger partial charge is 0.131 e. The Morgan fingerprint density at radius 1 is 1.29 bits per heavy atom. The van der Waals surface area contributed by atoms with E-state index in [2.05, 4.69) is 20.6 Å². The molecule has 0 aliphatic rings. The first kappa shape index (κ1) is 10.7. The Labute approximate surface area is 83.6 Å². The number of hydrogen-bond acceptors (Lipinski definition) is 5. The minimum Gasteiger partial charge on any atom is -0.396 e. The molecule has 0 aliphatic heterocycles. The number of aliphatic hydroxyl groups is 1. The molecule has 5 nitrogen and oxygen atoms in total. The highest BCUT2D eigenvalue weighted by atomic mass is 16.2. The zero-order valence-corrected chi connectivity index (χ0v) is 8.32. The lowest BCUT2D eigenvalue weighted by Crippen LogP contribution is -2.05. The molecule has 5 heteroatoms. The Hall–Kier alpha value is -1.36. The average molecular weight is 196 g/mol. The molecule has 0 saturated carbocycles. The molecule has 0 atom stereocenters. The quantitative estimate of drug-likeness (QED) is 0.584. The molecule has 0 aliphatic carbocycles. The summed E-state index contributed by atoms with van der Waals surface area (Å²) in [5, 5.41) is 14.7. The lowest BCUT2D eigenvalue weighted by Gasteiger charge is -2.05. The number of anilines is 2. The summed E-state index contributed by atoms with van der Waals surface area (Å²) in [5.41, 5.74) is 0. The van der Waals surface area contributed by atoms with E-state index in [-0.39, 0.29) is 6.61 Å². The number of nitrogens with one attached hydrogen (secondary N) is 2. The first-order valence-electron chi connectivity index (χ1n) is 4.71. The van der Waals surface area contributed by atoms with E-state index in [0.717, 1.165) is 31.0 Å². The highest BCUT2D eigenvalue weighted by molar-refractivity contribution is 5.45. The van der Waals surface area contributed by atoms with Gasteiger partial charge < -0.3 is 15.7 Å².